The van der Waals surface area contributed by atoms with Crippen molar-refractivity contribution in [2.75, 3.05) is 25.1 Å². The van der Waals surface area contributed by atoms with E-state index in [1.54, 1.807) is 0 Å². The molecule has 0 saturated heterocycles. The second kappa shape index (κ2) is 13.9. The third kappa shape index (κ3) is 7.06. The third-order valence-electron chi connectivity index (χ3n) is 9.31. The zero-order chi connectivity index (χ0) is 32.1. The Morgan fingerprint density at radius 2 is 1.57 bits per heavy atom. The fourth-order valence-electron chi connectivity index (χ4n) is 6.62. The van der Waals surface area contributed by atoms with Crippen molar-refractivity contribution in [2.45, 2.75) is 90.5 Å². The number of benzene rings is 3. The Bertz CT molecular complexity index is 1330. The number of hydrogen-bond donors (Lipinski definition) is 2. The summed E-state index contributed by atoms with van der Waals surface area (Å²) in [5.74, 6) is 0.949. The summed E-state index contributed by atoms with van der Waals surface area (Å²) >= 11 is 0. The van der Waals surface area contributed by atoms with E-state index in [9.17, 15) is 4.79 Å². The van der Waals surface area contributed by atoms with Crippen molar-refractivity contribution in [3.63, 3.8) is 0 Å². The zero-order valence-corrected chi connectivity index (χ0v) is 29.0. The maximum absolute atomic E-state index is 13.8. The Morgan fingerprint density at radius 1 is 0.977 bits per heavy atom. The van der Waals surface area contributed by atoms with Gasteiger partial charge in [-0.1, -0.05) is 108 Å². The Balaban J connectivity index is 1.66. The van der Waals surface area contributed by atoms with Gasteiger partial charge in [0.15, 0.2) is 0 Å². The van der Waals surface area contributed by atoms with Crippen LogP contribution >= 0.6 is 0 Å². The fraction of sp³-hybridized carbons (Fsp3) is 0.486. The van der Waals surface area contributed by atoms with Crippen molar-refractivity contribution in [3.05, 3.63) is 84.4 Å². The lowest BCUT2D eigenvalue weighted by Crippen LogP contribution is -2.66. The minimum absolute atomic E-state index is 0.0512. The Kier molecular flexibility index (Phi) is 10.6. The molecule has 1 aliphatic heterocycles. The maximum atomic E-state index is 13.8. The van der Waals surface area contributed by atoms with Gasteiger partial charge in [-0.25, -0.2) is 0 Å². The highest BCUT2D eigenvalue weighted by atomic mass is 28.4. The molecule has 6 nitrogen and oxygen atoms in total. The summed E-state index contributed by atoms with van der Waals surface area (Å²) in [5, 5.41) is 5.82. The predicted octanol–water partition coefficient (Wildman–Crippen LogP) is 5.66. The normalized spacial score (nSPS) is 19.0. The number of rotatable bonds is 11. The second-order valence-corrected chi connectivity index (χ2v) is 18.2. The molecule has 1 heterocycles. The van der Waals surface area contributed by atoms with Gasteiger partial charge in [-0.15, -0.1) is 0 Å². The summed E-state index contributed by atoms with van der Waals surface area (Å²) in [6, 6.07) is 27.3. The molecule has 44 heavy (non-hydrogen) atoms. The van der Waals surface area contributed by atoms with Crippen LogP contribution in [0.3, 0.4) is 0 Å². The highest BCUT2D eigenvalue weighted by Crippen LogP contribution is 2.37. The minimum Gasteiger partial charge on any atom is -0.486 e. The molecule has 0 aliphatic carbocycles. The first kappa shape index (κ1) is 33.8. The molecule has 0 aromatic heterocycles. The van der Waals surface area contributed by atoms with Gasteiger partial charge in [-0.2, -0.15) is 0 Å². The Morgan fingerprint density at radius 3 is 2.07 bits per heavy atom. The minimum atomic E-state index is -2.67. The number of nitrogens with one attached hydrogen (secondary N) is 1. The standard InChI is InChI=1S/C37H53N3O3Si/c1-9-37(7,26-38)43-30-21-20-28-24-29(39-35(41)34(27(2)3)40(8)33(28)25-30)22-23-42-44(36(4,5)6,31-16-12-10-13-17-31)32-18-14-11-15-19-32/h10-21,25,27,29,34H,9,22-24,26,38H2,1-8H3,(H,39,41)/t29-,34+,37-/m1/s1. The van der Waals surface area contributed by atoms with Crippen LogP contribution < -0.4 is 31.1 Å². The highest BCUT2D eigenvalue weighted by molar-refractivity contribution is 6.99. The van der Waals surface area contributed by atoms with E-state index in [1.165, 1.54) is 15.9 Å². The molecule has 0 saturated carbocycles. The van der Waals surface area contributed by atoms with Crippen molar-refractivity contribution in [3.8, 4) is 5.75 Å². The number of ether oxygens (including phenoxy) is 1. The van der Waals surface area contributed by atoms with Gasteiger partial charge in [0.25, 0.3) is 8.32 Å². The molecule has 3 N–H and O–H groups in total. The second-order valence-electron chi connectivity index (χ2n) is 13.9. The number of hydrogen-bond acceptors (Lipinski definition) is 5. The third-order valence-corrected chi connectivity index (χ3v) is 14.4. The van der Waals surface area contributed by atoms with Gasteiger partial charge in [0.1, 0.15) is 17.4 Å². The molecular formula is C37H53N3O3Si. The smallest absolute Gasteiger partial charge is 0.261 e. The van der Waals surface area contributed by atoms with Gasteiger partial charge in [0.05, 0.1) is 0 Å². The molecule has 4 rings (SSSR count). The zero-order valence-electron chi connectivity index (χ0n) is 28.0. The van der Waals surface area contributed by atoms with Crippen molar-refractivity contribution >= 4 is 30.3 Å². The van der Waals surface area contributed by atoms with E-state index in [-0.39, 0.29) is 28.9 Å². The van der Waals surface area contributed by atoms with Crippen molar-refractivity contribution in [1.82, 2.24) is 5.32 Å². The van der Waals surface area contributed by atoms with E-state index in [1.807, 2.05) is 20.0 Å². The van der Waals surface area contributed by atoms with Gasteiger partial charge in [-0.05, 0) is 59.1 Å². The van der Waals surface area contributed by atoms with Gasteiger partial charge < -0.3 is 25.1 Å². The molecule has 0 radical (unpaired) electrons. The van der Waals surface area contributed by atoms with Crippen LogP contribution in [0.25, 0.3) is 0 Å². The first-order valence-corrected chi connectivity index (χ1v) is 18.1. The van der Waals surface area contributed by atoms with Gasteiger partial charge >= 0.3 is 0 Å². The van der Waals surface area contributed by atoms with Gasteiger partial charge in [-0.3, -0.25) is 4.79 Å². The lowest BCUT2D eigenvalue weighted by Gasteiger charge is -2.43. The molecule has 1 aliphatic rings. The van der Waals surface area contributed by atoms with E-state index in [0.29, 0.717) is 26.0 Å². The van der Waals surface area contributed by atoms with E-state index in [4.69, 9.17) is 14.9 Å². The quantitative estimate of drug-likeness (QED) is 0.272. The summed E-state index contributed by atoms with van der Waals surface area (Å²) in [5.41, 5.74) is 7.83. The average Bonchev–Trinajstić information content (AvgIpc) is 2.99. The fourth-order valence-corrected chi connectivity index (χ4v) is 11.2. The summed E-state index contributed by atoms with van der Waals surface area (Å²) in [4.78, 5) is 15.9. The van der Waals surface area contributed by atoms with Crippen molar-refractivity contribution in [2.24, 2.45) is 11.7 Å². The predicted molar refractivity (Wildman–Crippen MR) is 186 cm³/mol. The topological polar surface area (TPSA) is 76.8 Å². The SMILES string of the molecule is CC[C@](C)(CN)Oc1ccc2c(c1)N(C)[C@@H](C(C)C)C(=O)N[C@H](CCO[Si](c1ccccc1)(c1ccccc1)C(C)(C)C)C2. The van der Waals surface area contributed by atoms with Crippen molar-refractivity contribution in [1.29, 1.82) is 0 Å². The number of likely N-dealkylation sites (N-methyl/N-ethyl adjacent to an activating group) is 1. The first-order valence-electron chi connectivity index (χ1n) is 16.2. The molecule has 238 valence electrons. The summed E-state index contributed by atoms with van der Waals surface area (Å²) in [6.45, 7) is 16.2. The Labute approximate surface area is 266 Å². The number of fused-ring (bicyclic) bond motifs is 1. The molecule has 0 spiro atoms. The average molecular weight is 616 g/mol. The van der Waals surface area contributed by atoms with Crippen LogP contribution in [-0.2, 0) is 15.6 Å². The molecule has 3 atom stereocenters. The Hall–Kier alpha value is -3.13. The molecule has 1 amide bonds. The molecule has 0 bridgehead atoms. The van der Waals surface area contributed by atoms with E-state index < -0.39 is 13.9 Å². The molecule has 3 aromatic carbocycles. The first-order chi connectivity index (χ1) is 20.8. The van der Waals surface area contributed by atoms with Crippen LogP contribution in [0.15, 0.2) is 78.9 Å². The number of carbonyl (C=O) groups is 1. The van der Waals surface area contributed by atoms with E-state index in [0.717, 1.165) is 17.9 Å². The number of nitrogens with zero attached hydrogens (tertiary/aromatic N) is 1. The molecule has 3 aromatic rings. The number of carbonyl (C=O) groups excluding carboxylic acids is 1. The lowest BCUT2D eigenvalue weighted by molar-refractivity contribution is -0.124. The largest absolute Gasteiger partial charge is 0.486 e. The molecular weight excluding hydrogens is 563 g/mol. The van der Waals surface area contributed by atoms with Gasteiger partial charge in [0.2, 0.25) is 5.91 Å². The van der Waals surface area contributed by atoms with Crippen LogP contribution in [-0.4, -0.2) is 52.1 Å². The van der Waals surface area contributed by atoms with Crippen LogP contribution in [0.1, 0.15) is 66.9 Å². The van der Waals surface area contributed by atoms with Crippen molar-refractivity contribution < 1.29 is 14.0 Å². The number of amides is 1. The molecule has 7 heteroatoms. The summed E-state index contributed by atoms with van der Waals surface area (Å²) < 4.78 is 13.6. The number of nitrogens with two attached hydrogens (primary N) is 1. The maximum Gasteiger partial charge on any atom is 0.261 e. The number of anilines is 1. The molecule has 0 fully saturated rings. The lowest BCUT2D eigenvalue weighted by atomic mass is 9.94. The van der Waals surface area contributed by atoms with Crippen LogP contribution in [0.4, 0.5) is 5.69 Å². The molecule has 0 unspecified atom stereocenters. The highest BCUT2D eigenvalue weighted by Gasteiger charge is 2.50. The van der Waals surface area contributed by atoms with Crippen LogP contribution in [0, 0.1) is 5.92 Å². The van der Waals surface area contributed by atoms with Gasteiger partial charge in [0, 0.05) is 38.0 Å². The van der Waals surface area contributed by atoms with E-state index in [2.05, 4.69) is 125 Å². The van der Waals surface area contributed by atoms with Crippen LogP contribution in [0.5, 0.6) is 5.75 Å². The summed E-state index contributed by atoms with van der Waals surface area (Å²) in [6.07, 6.45) is 2.23. The monoisotopic (exact) mass is 615 g/mol. The summed E-state index contributed by atoms with van der Waals surface area (Å²) in [7, 11) is -0.658. The van der Waals surface area contributed by atoms with Crippen LogP contribution in [0.2, 0.25) is 5.04 Å². The van der Waals surface area contributed by atoms with E-state index >= 15 is 0 Å².